The van der Waals surface area contributed by atoms with Crippen LogP contribution in [0.4, 0.5) is 0 Å². The van der Waals surface area contributed by atoms with Crippen molar-refractivity contribution in [2.24, 2.45) is 0 Å². The van der Waals surface area contributed by atoms with Gasteiger partial charge in [-0.1, -0.05) is 6.92 Å². The summed E-state index contributed by atoms with van der Waals surface area (Å²) in [5.41, 5.74) is 0.753. The van der Waals surface area contributed by atoms with Gasteiger partial charge in [0.05, 0.1) is 12.7 Å². The van der Waals surface area contributed by atoms with E-state index in [2.05, 4.69) is 0 Å². The zero-order chi connectivity index (χ0) is 20.5. The van der Waals surface area contributed by atoms with Crippen LogP contribution in [0, 0.1) is 0 Å². The van der Waals surface area contributed by atoms with Crippen molar-refractivity contribution in [2.45, 2.75) is 24.9 Å². The molecular formula is C21H22O7. The Hall–Kier alpha value is -2.74. The number of aliphatic hydroxyl groups is 1. The van der Waals surface area contributed by atoms with Crippen molar-refractivity contribution in [1.82, 2.24) is 0 Å². The average Bonchev–Trinajstić information content (AvgIpc) is 2.75. The molecule has 3 rings (SSSR count). The third kappa shape index (κ3) is 2.79. The van der Waals surface area contributed by atoms with Crippen LogP contribution in [0.2, 0.25) is 0 Å². The maximum Gasteiger partial charge on any atom is 0.304 e. The van der Waals surface area contributed by atoms with Gasteiger partial charge in [-0.3, -0.25) is 9.59 Å². The first-order valence-corrected chi connectivity index (χ1v) is 8.75. The highest BCUT2D eigenvalue weighted by Crippen LogP contribution is 2.47. The van der Waals surface area contributed by atoms with E-state index in [0.29, 0.717) is 16.9 Å². The largest absolute Gasteiger partial charge is 0.497 e. The Morgan fingerprint density at radius 2 is 1.75 bits per heavy atom. The van der Waals surface area contributed by atoms with Gasteiger partial charge in [-0.2, -0.15) is 0 Å². The Balaban J connectivity index is 2.19. The number of carbonyl (C=O) groups excluding carboxylic acids is 2. The third-order valence-corrected chi connectivity index (χ3v) is 4.93. The second-order valence-corrected chi connectivity index (χ2v) is 6.32. The fourth-order valence-electron chi connectivity index (χ4n) is 3.32. The minimum atomic E-state index is -2.47. The lowest BCUT2D eigenvalue weighted by Crippen LogP contribution is -2.64. The second-order valence-electron chi connectivity index (χ2n) is 6.32. The lowest BCUT2D eigenvalue weighted by molar-refractivity contribution is -0.346. The van der Waals surface area contributed by atoms with E-state index < -0.39 is 17.4 Å². The first-order valence-electron chi connectivity index (χ1n) is 8.75. The number of methoxy groups -OCH3 is 3. The summed E-state index contributed by atoms with van der Waals surface area (Å²) >= 11 is 0. The summed E-state index contributed by atoms with van der Waals surface area (Å²) in [5.74, 6) is -4.56. The molecule has 1 heterocycles. The van der Waals surface area contributed by atoms with Crippen LogP contribution in [0.25, 0.3) is 0 Å². The molecule has 7 nitrogen and oxygen atoms in total. The van der Waals surface area contributed by atoms with Crippen molar-refractivity contribution >= 4 is 11.6 Å². The Bertz CT molecular complexity index is 905. The topological polar surface area (TPSA) is 91.3 Å². The summed E-state index contributed by atoms with van der Waals surface area (Å²) in [6.07, 6.45) is 0.288. The molecule has 0 radical (unpaired) electrons. The average molecular weight is 386 g/mol. The lowest BCUT2D eigenvalue weighted by Gasteiger charge is -2.46. The van der Waals surface area contributed by atoms with Crippen LogP contribution in [-0.2, 0) is 15.3 Å². The van der Waals surface area contributed by atoms with Gasteiger partial charge >= 0.3 is 5.79 Å². The van der Waals surface area contributed by atoms with Gasteiger partial charge in [0.25, 0.3) is 5.79 Å². The number of ketones is 2. The molecule has 148 valence electrons. The first kappa shape index (κ1) is 20.0. The molecule has 2 aromatic rings. The molecule has 0 saturated heterocycles. The Morgan fingerprint density at radius 1 is 1.07 bits per heavy atom. The summed E-state index contributed by atoms with van der Waals surface area (Å²) in [6.45, 7) is 1.73. The molecule has 0 fully saturated rings. The standard InChI is InChI=1S/C21H22O7/c1-5-17(22)13-6-11-18-16(12-13)19(23)20(24,26-3)21(27-4,28-18)14-7-9-15(25-2)10-8-14/h6-12,24H,5H2,1-4H3. The summed E-state index contributed by atoms with van der Waals surface area (Å²) in [4.78, 5) is 25.3. The van der Waals surface area contributed by atoms with Crippen molar-refractivity contribution in [1.29, 1.82) is 0 Å². The second kappa shape index (κ2) is 7.35. The number of hydrogen-bond donors (Lipinski definition) is 1. The minimum absolute atomic E-state index is 0.0461. The lowest BCUT2D eigenvalue weighted by atomic mass is 9.85. The third-order valence-electron chi connectivity index (χ3n) is 4.93. The van der Waals surface area contributed by atoms with E-state index in [1.165, 1.54) is 33.5 Å². The van der Waals surface area contributed by atoms with Crippen LogP contribution < -0.4 is 9.47 Å². The zero-order valence-electron chi connectivity index (χ0n) is 16.1. The predicted octanol–water partition coefficient (Wildman–Crippen LogP) is 2.70. The Labute approximate surface area is 162 Å². The molecule has 1 N–H and O–H groups in total. The van der Waals surface area contributed by atoms with Crippen LogP contribution in [0.3, 0.4) is 0 Å². The fraction of sp³-hybridized carbons (Fsp3) is 0.333. The monoisotopic (exact) mass is 386 g/mol. The molecule has 7 heteroatoms. The number of rotatable bonds is 6. The first-order chi connectivity index (χ1) is 13.4. The number of hydrogen-bond acceptors (Lipinski definition) is 7. The minimum Gasteiger partial charge on any atom is -0.497 e. The van der Waals surface area contributed by atoms with E-state index in [1.54, 1.807) is 37.3 Å². The Kier molecular flexibility index (Phi) is 5.25. The molecule has 0 spiro atoms. The van der Waals surface area contributed by atoms with Gasteiger partial charge in [0, 0.05) is 31.8 Å². The molecular weight excluding hydrogens is 364 g/mol. The molecule has 2 atom stereocenters. The smallest absolute Gasteiger partial charge is 0.304 e. The van der Waals surface area contributed by atoms with Gasteiger partial charge in [-0.05, 0) is 42.5 Å². The number of carbonyl (C=O) groups is 2. The van der Waals surface area contributed by atoms with E-state index in [0.717, 1.165) is 0 Å². The predicted molar refractivity (Wildman–Crippen MR) is 99.7 cm³/mol. The number of benzene rings is 2. The molecule has 28 heavy (non-hydrogen) atoms. The zero-order valence-corrected chi connectivity index (χ0v) is 16.1. The Morgan fingerprint density at radius 3 is 2.29 bits per heavy atom. The molecule has 1 aliphatic heterocycles. The van der Waals surface area contributed by atoms with Crippen molar-refractivity contribution in [2.75, 3.05) is 21.3 Å². The summed E-state index contributed by atoms with van der Waals surface area (Å²) in [7, 11) is 4.02. The van der Waals surface area contributed by atoms with E-state index in [-0.39, 0.29) is 23.5 Å². The highest BCUT2D eigenvalue weighted by Gasteiger charge is 2.64. The molecule has 0 amide bonds. The highest BCUT2D eigenvalue weighted by molar-refractivity contribution is 6.07. The van der Waals surface area contributed by atoms with Gasteiger partial charge in [0.1, 0.15) is 11.5 Å². The summed E-state index contributed by atoms with van der Waals surface area (Å²) in [6, 6.07) is 11.0. The number of fused-ring (bicyclic) bond motifs is 1. The van der Waals surface area contributed by atoms with Crippen LogP contribution in [0.1, 0.15) is 39.6 Å². The van der Waals surface area contributed by atoms with E-state index >= 15 is 0 Å². The summed E-state index contributed by atoms with van der Waals surface area (Å²) in [5, 5.41) is 11.2. The van der Waals surface area contributed by atoms with Crippen molar-refractivity contribution in [3.05, 3.63) is 59.2 Å². The molecule has 2 aromatic carbocycles. The van der Waals surface area contributed by atoms with Crippen LogP contribution in [-0.4, -0.2) is 43.8 Å². The maximum atomic E-state index is 13.2. The van der Waals surface area contributed by atoms with Crippen molar-refractivity contribution in [3.63, 3.8) is 0 Å². The molecule has 0 saturated carbocycles. The van der Waals surface area contributed by atoms with Gasteiger partial charge in [0.2, 0.25) is 5.78 Å². The number of ether oxygens (including phenoxy) is 4. The van der Waals surface area contributed by atoms with E-state index in [4.69, 9.17) is 18.9 Å². The van der Waals surface area contributed by atoms with Gasteiger partial charge in [-0.25, -0.2) is 0 Å². The quantitative estimate of drug-likeness (QED) is 0.603. The molecule has 2 unspecified atom stereocenters. The van der Waals surface area contributed by atoms with Crippen LogP contribution in [0.5, 0.6) is 11.5 Å². The SMILES string of the molecule is CCC(=O)c1ccc2c(c1)C(=O)C(O)(OC)C(OC)(c1ccc(OC)cc1)O2. The van der Waals surface area contributed by atoms with Crippen molar-refractivity contribution in [3.8, 4) is 11.5 Å². The van der Waals surface area contributed by atoms with Crippen LogP contribution in [0.15, 0.2) is 42.5 Å². The normalized spacial score (nSPS) is 23.7. The van der Waals surface area contributed by atoms with E-state index in [9.17, 15) is 14.7 Å². The van der Waals surface area contributed by atoms with Gasteiger partial charge < -0.3 is 24.1 Å². The van der Waals surface area contributed by atoms with Gasteiger partial charge in [-0.15, -0.1) is 0 Å². The van der Waals surface area contributed by atoms with Gasteiger partial charge in [0.15, 0.2) is 5.78 Å². The van der Waals surface area contributed by atoms with E-state index in [1.807, 2.05) is 0 Å². The molecule has 1 aliphatic rings. The molecule has 0 bridgehead atoms. The summed E-state index contributed by atoms with van der Waals surface area (Å²) < 4.78 is 21.9. The number of Topliss-reactive ketones (excluding diaryl/α,β-unsaturated/α-hetero) is 2. The fourth-order valence-corrected chi connectivity index (χ4v) is 3.32. The maximum absolute atomic E-state index is 13.2. The molecule has 0 aromatic heterocycles. The highest BCUT2D eigenvalue weighted by atomic mass is 16.8. The van der Waals surface area contributed by atoms with Crippen LogP contribution >= 0.6 is 0 Å². The molecule has 0 aliphatic carbocycles. The van der Waals surface area contributed by atoms with Crippen molar-refractivity contribution < 1.29 is 33.6 Å².